The van der Waals surface area contributed by atoms with Crippen molar-refractivity contribution in [1.29, 1.82) is 0 Å². The summed E-state index contributed by atoms with van der Waals surface area (Å²) in [6.07, 6.45) is 2.20. The first-order valence-corrected chi connectivity index (χ1v) is 5.78. The molecule has 15 heavy (non-hydrogen) atoms. The van der Waals surface area contributed by atoms with Gasteiger partial charge in [0.15, 0.2) is 0 Å². The van der Waals surface area contributed by atoms with Crippen LogP contribution in [0.4, 0.5) is 0 Å². The molecule has 0 aliphatic carbocycles. The minimum atomic E-state index is 0.579. The maximum atomic E-state index is 6.08. The molecule has 0 spiro atoms. The largest absolute Gasteiger partial charge is 0.381 e. The molecule has 0 radical (unpaired) electrons. The summed E-state index contributed by atoms with van der Waals surface area (Å²) in [7, 11) is 0. The van der Waals surface area contributed by atoms with E-state index in [0.29, 0.717) is 6.04 Å². The molecule has 0 atom stereocenters. The lowest BCUT2D eigenvalue weighted by atomic mass is 10.1. The molecule has 1 fully saturated rings. The molecule has 1 aromatic carbocycles. The van der Waals surface area contributed by atoms with Crippen LogP contribution in [0.1, 0.15) is 18.4 Å². The van der Waals surface area contributed by atoms with Crippen LogP contribution in [0, 0.1) is 0 Å². The van der Waals surface area contributed by atoms with Crippen molar-refractivity contribution in [2.24, 2.45) is 0 Å². The fourth-order valence-corrected chi connectivity index (χ4v) is 2.00. The molecular weight excluding hydrogens is 210 g/mol. The number of nitrogens with one attached hydrogen (secondary N) is 1. The fourth-order valence-electron chi connectivity index (χ4n) is 1.80. The van der Waals surface area contributed by atoms with E-state index in [0.717, 1.165) is 37.6 Å². The van der Waals surface area contributed by atoms with E-state index in [4.69, 9.17) is 16.3 Å². The maximum Gasteiger partial charge on any atom is 0.0480 e. The summed E-state index contributed by atoms with van der Waals surface area (Å²) in [5.41, 5.74) is 1.17. The van der Waals surface area contributed by atoms with Gasteiger partial charge >= 0.3 is 0 Å². The number of hydrogen-bond donors (Lipinski definition) is 1. The van der Waals surface area contributed by atoms with Crippen LogP contribution < -0.4 is 5.32 Å². The Kier molecular flexibility index (Phi) is 4.01. The first kappa shape index (κ1) is 10.9. The first-order chi connectivity index (χ1) is 7.36. The Bertz CT molecular complexity index is 310. The molecular formula is C12H16ClNO. The predicted octanol–water partition coefficient (Wildman–Crippen LogP) is 2.61. The quantitative estimate of drug-likeness (QED) is 0.854. The topological polar surface area (TPSA) is 21.3 Å². The molecule has 82 valence electrons. The van der Waals surface area contributed by atoms with Crippen LogP contribution in [-0.4, -0.2) is 19.3 Å². The highest BCUT2D eigenvalue weighted by atomic mass is 35.5. The van der Waals surface area contributed by atoms with Crippen molar-refractivity contribution in [3.05, 3.63) is 34.9 Å². The molecule has 1 heterocycles. The van der Waals surface area contributed by atoms with Crippen LogP contribution in [0.5, 0.6) is 0 Å². The molecule has 1 aliphatic heterocycles. The zero-order valence-electron chi connectivity index (χ0n) is 8.71. The Morgan fingerprint density at radius 1 is 1.27 bits per heavy atom. The van der Waals surface area contributed by atoms with Gasteiger partial charge in [-0.3, -0.25) is 0 Å². The van der Waals surface area contributed by atoms with Crippen LogP contribution in [0.3, 0.4) is 0 Å². The van der Waals surface area contributed by atoms with Crippen molar-refractivity contribution in [3.63, 3.8) is 0 Å². The van der Waals surface area contributed by atoms with Gasteiger partial charge in [-0.25, -0.2) is 0 Å². The van der Waals surface area contributed by atoms with Crippen LogP contribution in [0.25, 0.3) is 0 Å². The molecule has 0 unspecified atom stereocenters. The Balaban J connectivity index is 1.84. The Hall–Kier alpha value is -0.570. The third-order valence-corrected chi connectivity index (χ3v) is 3.13. The minimum absolute atomic E-state index is 0.579. The second kappa shape index (κ2) is 5.50. The molecule has 2 rings (SSSR count). The van der Waals surface area contributed by atoms with Gasteiger partial charge in [-0.05, 0) is 24.5 Å². The molecule has 3 heteroatoms. The fraction of sp³-hybridized carbons (Fsp3) is 0.500. The van der Waals surface area contributed by atoms with E-state index in [1.165, 1.54) is 5.56 Å². The van der Waals surface area contributed by atoms with Crippen LogP contribution in [0.15, 0.2) is 24.3 Å². The molecule has 1 N–H and O–H groups in total. The van der Waals surface area contributed by atoms with Gasteiger partial charge in [0.2, 0.25) is 0 Å². The van der Waals surface area contributed by atoms with Crippen molar-refractivity contribution in [1.82, 2.24) is 5.32 Å². The van der Waals surface area contributed by atoms with Gasteiger partial charge in [0.25, 0.3) is 0 Å². The van der Waals surface area contributed by atoms with E-state index < -0.39 is 0 Å². The van der Waals surface area contributed by atoms with Crippen molar-refractivity contribution in [3.8, 4) is 0 Å². The summed E-state index contributed by atoms with van der Waals surface area (Å²) in [4.78, 5) is 0. The van der Waals surface area contributed by atoms with Crippen LogP contribution in [0.2, 0.25) is 5.02 Å². The summed E-state index contributed by atoms with van der Waals surface area (Å²) in [6, 6.07) is 8.56. The lowest BCUT2D eigenvalue weighted by molar-refractivity contribution is 0.0776. The number of ether oxygens (including phenoxy) is 1. The van der Waals surface area contributed by atoms with Gasteiger partial charge in [-0.15, -0.1) is 0 Å². The number of hydrogen-bond acceptors (Lipinski definition) is 2. The first-order valence-electron chi connectivity index (χ1n) is 5.41. The summed E-state index contributed by atoms with van der Waals surface area (Å²) in [5.74, 6) is 0. The average Bonchev–Trinajstić information content (AvgIpc) is 2.29. The van der Waals surface area contributed by atoms with Crippen LogP contribution in [-0.2, 0) is 11.3 Å². The van der Waals surface area contributed by atoms with Crippen molar-refractivity contribution in [2.45, 2.75) is 25.4 Å². The van der Waals surface area contributed by atoms with Gasteiger partial charge in [0.05, 0.1) is 0 Å². The Morgan fingerprint density at radius 3 is 2.73 bits per heavy atom. The standard InChI is InChI=1S/C12H16ClNO/c13-12-4-2-1-3-10(12)9-14-11-5-7-15-8-6-11/h1-4,11,14H,5-9H2. The summed E-state index contributed by atoms with van der Waals surface area (Å²) >= 11 is 6.08. The average molecular weight is 226 g/mol. The molecule has 0 aromatic heterocycles. The van der Waals surface area contributed by atoms with Gasteiger partial charge in [-0.1, -0.05) is 29.8 Å². The third-order valence-electron chi connectivity index (χ3n) is 2.76. The van der Waals surface area contributed by atoms with Gasteiger partial charge < -0.3 is 10.1 Å². The van der Waals surface area contributed by atoms with Gasteiger partial charge in [0, 0.05) is 30.8 Å². The zero-order valence-corrected chi connectivity index (χ0v) is 9.46. The maximum absolute atomic E-state index is 6.08. The second-order valence-corrected chi connectivity index (χ2v) is 4.27. The smallest absolute Gasteiger partial charge is 0.0480 e. The predicted molar refractivity (Wildman–Crippen MR) is 62.1 cm³/mol. The number of benzene rings is 1. The number of rotatable bonds is 3. The monoisotopic (exact) mass is 225 g/mol. The van der Waals surface area contributed by atoms with E-state index in [2.05, 4.69) is 11.4 Å². The lowest BCUT2D eigenvalue weighted by Gasteiger charge is -2.23. The minimum Gasteiger partial charge on any atom is -0.381 e. The van der Waals surface area contributed by atoms with E-state index in [1.807, 2.05) is 18.2 Å². The lowest BCUT2D eigenvalue weighted by Crippen LogP contribution is -2.34. The molecule has 0 saturated carbocycles. The molecule has 0 bridgehead atoms. The highest BCUT2D eigenvalue weighted by molar-refractivity contribution is 6.31. The zero-order chi connectivity index (χ0) is 10.5. The SMILES string of the molecule is Clc1ccccc1CNC1CCOCC1. The number of halogens is 1. The molecule has 2 nitrogen and oxygen atoms in total. The normalized spacial score (nSPS) is 17.9. The Labute approximate surface area is 95.6 Å². The molecule has 0 amide bonds. The van der Waals surface area contributed by atoms with Crippen molar-refractivity contribution in [2.75, 3.05) is 13.2 Å². The van der Waals surface area contributed by atoms with E-state index in [1.54, 1.807) is 0 Å². The van der Waals surface area contributed by atoms with Crippen LogP contribution >= 0.6 is 11.6 Å². The molecule has 1 aliphatic rings. The molecule has 1 saturated heterocycles. The van der Waals surface area contributed by atoms with Crippen molar-refractivity contribution >= 4 is 11.6 Å². The summed E-state index contributed by atoms with van der Waals surface area (Å²) in [6.45, 7) is 2.60. The van der Waals surface area contributed by atoms with Crippen molar-refractivity contribution < 1.29 is 4.74 Å². The second-order valence-electron chi connectivity index (χ2n) is 3.86. The summed E-state index contributed by atoms with van der Waals surface area (Å²) in [5, 5.41) is 4.36. The van der Waals surface area contributed by atoms with Gasteiger partial charge in [0.1, 0.15) is 0 Å². The Morgan fingerprint density at radius 2 is 2.00 bits per heavy atom. The van der Waals surface area contributed by atoms with E-state index in [9.17, 15) is 0 Å². The van der Waals surface area contributed by atoms with E-state index >= 15 is 0 Å². The van der Waals surface area contributed by atoms with Gasteiger partial charge in [-0.2, -0.15) is 0 Å². The van der Waals surface area contributed by atoms with E-state index in [-0.39, 0.29) is 0 Å². The highest BCUT2D eigenvalue weighted by Crippen LogP contribution is 2.15. The third kappa shape index (κ3) is 3.20. The summed E-state index contributed by atoms with van der Waals surface area (Å²) < 4.78 is 5.31. The highest BCUT2D eigenvalue weighted by Gasteiger charge is 2.12. The molecule has 1 aromatic rings.